The van der Waals surface area contributed by atoms with Crippen LogP contribution in [0.2, 0.25) is 0 Å². The molecule has 1 aliphatic rings. The maximum absolute atomic E-state index is 12.4. The van der Waals surface area contributed by atoms with Crippen molar-refractivity contribution in [2.75, 3.05) is 52.4 Å². The van der Waals surface area contributed by atoms with Crippen LogP contribution in [0.15, 0.2) is 12.3 Å². The van der Waals surface area contributed by atoms with Gasteiger partial charge in [-0.2, -0.15) is 0 Å². The van der Waals surface area contributed by atoms with Gasteiger partial charge in [0.05, 0.1) is 18.9 Å². The Morgan fingerprint density at radius 1 is 0.441 bits per heavy atom. The van der Waals surface area contributed by atoms with E-state index in [4.69, 9.17) is 21.8 Å². The van der Waals surface area contributed by atoms with Crippen molar-refractivity contribution in [2.24, 2.45) is 149 Å². The molecule has 0 bridgehead atoms. The highest BCUT2D eigenvalue weighted by Gasteiger charge is 2.45. The van der Waals surface area contributed by atoms with Gasteiger partial charge in [0, 0.05) is 90.6 Å². The lowest BCUT2D eigenvalue weighted by molar-refractivity contribution is -0.205. The van der Waals surface area contributed by atoms with Crippen molar-refractivity contribution in [3.63, 3.8) is 0 Å². The topological polar surface area (TPSA) is 312 Å². The summed E-state index contributed by atoms with van der Waals surface area (Å²) in [7, 11) is 10.9. The van der Waals surface area contributed by atoms with Gasteiger partial charge >= 0.3 is 17.9 Å². The number of nitrogens with one attached hydrogen (secondary N) is 6. The first kappa shape index (κ1) is 134. The molecule has 1 fully saturated rings. The zero-order valence-electron chi connectivity index (χ0n) is 87.1. The Morgan fingerprint density at radius 2 is 0.701 bits per heavy atom. The third-order valence-electron chi connectivity index (χ3n) is 30.2. The highest BCUT2D eigenvalue weighted by molar-refractivity contribution is 8.02. The van der Waals surface area contributed by atoms with Crippen LogP contribution < -0.4 is 42.9 Å². The van der Waals surface area contributed by atoms with Crippen molar-refractivity contribution in [2.45, 2.75) is 402 Å². The lowest BCUT2D eigenvalue weighted by atomic mass is 9.59. The molecular weight excluding hydrogens is 1700 g/mol. The lowest BCUT2D eigenvalue weighted by Gasteiger charge is -2.47. The minimum Gasteiger partial charge on any atom is -0.481 e. The van der Waals surface area contributed by atoms with E-state index in [1.165, 1.54) is 19.3 Å². The van der Waals surface area contributed by atoms with Gasteiger partial charge in [-0.25, -0.2) is 5.26 Å². The molecule has 0 saturated carbocycles. The van der Waals surface area contributed by atoms with Gasteiger partial charge in [0.1, 0.15) is 5.76 Å². The monoisotopic (exact) mass is 1910 g/mol. The van der Waals surface area contributed by atoms with E-state index in [1.807, 2.05) is 18.9 Å². The average Bonchev–Trinajstić information content (AvgIpc) is 1.02. The van der Waals surface area contributed by atoms with Gasteiger partial charge in [0.15, 0.2) is 0 Å². The molecule has 12 N–H and O–H groups in total. The third-order valence-corrected chi connectivity index (χ3v) is 32.8. The Hall–Kier alpha value is -1.79. The van der Waals surface area contributed by atoms with Crippen molar-refractivity contribution in [3.05, 3.63) is 12.3 Å². The van der Waals surface area contributed by atoms with Crippen LogP contribution in [0.5, 0.6) is 0 Å². The fourth-order valence-corrected chi connectivity index (χ4v) is 18.3. The number of carbonyl (C=O) groups is 7. The molecule has 0 aliphatic carbocycles. The van der Waals surface area contributed by atoms with Crippen LogP contribution in [0.25, 0.3) is 0 Å². The predicted octanol–water partition coefficient (Wildman–Crippen LogP) is 25.6. The molecule has 26 heteroatoms. The summed E-state index contributed by atoms with van der Waals surface area (Å²) in [4.78, 5) is 85.3. The number of hydrogen-bond acceptors (Lipinski definition) is 15. The van der Waals surface area contributed by atoms with Crippen molar-refractivity contribution >= 4 is 95.2 Å². The van der Waals surface area contributed by atoms with Gasteiger partial charge in [0.25, 0.3) is 0 Å². The summed E-state index contributed by atoms with van der Waals surface area (Å²) in [6.07, 6.45) is 21.5. The normalized spacial score (nSPS) is 17.5. The summed E-state index contributed by atoms with van der Waals surface area (Å²) < 4.78 is 8.93. The molecule has 756 valence electrons. The van der Waals surface area contributed by atoms with Gasteiger partial charge in [-0.3, -0.25) is 43.7 Å². The molecule has 0 aromatic rings. The molecule has 4 amide bonds. The van der Waals surface area contributed by atoms with Gasteiger partial charge in [0.2, 0.25) is 23.6 Å². The summed E-state index contributed by atoms with van der Waals surface area (Å²) in [6, 6.07) is 0. The number of unbranched alkanes of at least 4 members (excludes halogenated alkanes) is 5. The number of carbonyl (C=O) groups excluding carboxylic acids is 6. The molecule has 0 aromatic carbocycles. The van der Waals surface area contributed by atoms with E-state index in [0.717, 1.165) is 156 Å². The maximum atomic E-state index is 12.4. The fourth-order valence-electron chi connectivity index (χ4n) is 16.6. The number of rotatable bonds is 53. The average molecular weight is 1910 g/mol. The SMILES string of the molecule is C.C=C(CCCCC(=O)OP)OO.CC(C)C(CN)CC(C)(C)C(C)(C)CC(CNC(=O)CCCCCC(=O)O)C(C)C.CC(C)C(CN)CC(C)(C)C(C)(C)CC(CNPP)C(C)C.CC(C)C(CNPP)CC(C)(C)C(C)(C)CC(CNC(=O)CCCCCC(=O)OP)C(C)C.CC(C)C1CNC(=O)CCCCCC(=O)NCC(C(C)C)CC(C)(C)C(C)(C)C1. The molecule has 1 rings (SSSR count). The number of nitrogens with two attached hydrogens (primary N) is 2. The molecule has 1 saturated heterocycles. The molecular formula is C101H210N8O12P6. The molecule has 127 heavy (non-hydrogen) atoms. The van der Waals surface area contributed by atoms with E-state index in [0.29, 0.717) is 172 Å². The summed E-state index contributed by atoms with van der Waals surface area (Å²) in [5.74, 6) is 8.64. The number of carboxylic acid groups (broad SMARTS) is 1. The second-order valence-corrected chi connectivity index (χ2v) is 48.9. The minimum atomic E-state index is -0.768. The first-order chi connectivity index (χ1) is 58.0. The number of hydrogen-bond donors (Lipinski definition) is 10. The van der Waals surface area contributed by atoms with Gasteiger partial charge in [-0.1, -0.05) is 273 Å². The van der Waals surface area contributed by atoms with Crippen LogP contribution in [0.1, 0.15) is 402 Å². The largest absolute Gasteiger partial charge is 0.481 e. The molecule has 1 aliphatic heterocycles. The Kier molecular flexibility index (Phi) is 73.6. The van der Waals surface area contributed by atoms with Crippen LogP contribution in [0.3, 0.4) is 0 Å². The molecule has 0 spiro atoms. The van der Waals surface area contributed by atoms with Crippen molar-refractivity contribution < 1.29 is 57.9 Å². The highest BCUT2D eigenvalue weighted by atomic mass is 32.0. The number of amides is 4. The third kappa shape index (κ3) is 60.4. The van der Waals surface area contributed by atoms with Crippen LogP contribution in [0, 0.1) is 138 Å². The number of carboxylic acids is 1. The second-order valence-electron chi connectivity index (χ2n) is 45.4. The summed E-state index contributed by atoms with van der Waals surface area (Å²) in [5.41, 5.74) is 13.6. The molecule has 14 atom stereocenters. The highest BCUT2D eigenvalue weighted by Crippen LogP contribution is 2.53. The quantitative estimate of drug-likeness (QED) is 0.00890. The van der Waals surface area contributed by atoms with E-state index < -0.39 is 5.97 Å². The zero-order chi connectivity index (χ0) is 98.4. The van der Waals surface area contributed by atoms with Crippen molar-refractivity contribution in [3.8, 4) is 0 Å². The first-order valence-corrected chi connectivity index (χ1v) is 55.4. The van der Waals surface area contributed by atoms with Crippen LogP contribution in [-0.4, -0.2) is 104 Å². The molecule has 20 nitrogen and oxygen atoms in total. The standard InChI is InChI=1S/C25H53N2O3P3.C25H50N2O3.C25H48N2O2.C18H42N2P2.C7H13O4P.CH4/c1-18(2)20(16-26-22(28)12-10-9-11-13-23(29)30-31)14-24(5,6)25(7,8)15-21(19(3)4)17-27-33-32;1-18(2)20(16-26)14-24(5,6)25(7,8)15-21(19(3)4)17-27-22(28)12-10-9-11-13-23(29)30;1-18(2)20-14-24(5,6)25(7,8)15-21(19(3)4)17-27-23(29)13-11-9-10-12-22(28)26-16-20;1-13(2)15(11-19)9-17(5,6)18(7,8)10-16(14(3)4)12-20-22-21;1-6(10-9)4-2-3-5-7(8)11-12;/h18-21,27,33H,9-17,31-32H2,1-8H3,(H,26,28);18-21H,9-17,26H2,1-8H3,(H,27,28)(H,29,30);18-21H,9-17H2,1-8H3,(H,26,28)(H,27,29);13-16,20,22H,9-12,19,21H2,1-8H3;9H,1-5,12H2;1H4. The van der Waals surface area contributed by atoms with E-state index in [9.17, 15) is 33.6 Å². The van der Waals surface area contributed by atoms with E-state index >= 15 is 0 Å². The zero-order valence-corrected chi connectivity index (χ0v) is 93.8. The van der Waals surface area contributed by atoms with Crippen LogP contribution in [0.4, 0.5) is 0 Å². The van der Waals surface area contributed by atoms with E-state index in [-0.39, 0.29) is 81.9 Å². The second kappa shape index (κ2) is 69.9. The first-order valence-electron chi connectivity index (χ1n) is 48.9. The Balaban J connectivity index is -0.000000501. The summed E-state index contributed by atoms with van der Waals surface area (Å²) >= 11 is 0. The smallest absolute Gasteiger partial charge is 0.307 e. The Bertz CT molecular complexity index is 2870. The van der Waals surface area contributed by atoms with E-state index in [2.05, 4.69) is 291 Å². The summed E-state index contributed by atoms with van der Waals surface area (Å²) in [6.45, 7) is 85.2. The van der Waals surface area contributed by atoms with Crippen LogP contribution in [-0.2, 0) is 47.5 Å². The number of allylic oxidation sites excluding steroid dienone is 1. The molecule has 14 unspecified atom stereocenters. The van der Waals surface area contributed by atoms with Crippen molar-refractivity contribution in [1.29, 1.82) is 0 Å². The Morgan fingerprint density at radius 3 is 0.953 bits per heavy atom. The van der Waals surface area contributed by atoms with Crippen LogP contribution >= 0.6 is 53.6 Å². The van der Waals surface area contributed by atoms with E-state index in [1.54, 1.807) is 0 Å². The molecule has 1 heterocycles. The summed E-state index contributed by atoms with van der Waals surface area (Å²) in [5, 5.41) is 36.6. The predicted molar refractivity (Wildman–Crippen MR) is 563 cm³/mol. The van der Waals surface area contributed by atoms with Crippen molar-refractivity contribution in [1.82, 2.24) is 31.4 Å². The molecule has 0 radical (unpaired) electrons. The number of aliphatic carboxylic acids is 1. The van der Waals surface area contributed by atoms with Gasteiger partial charge in [-0.15, -0.1) is 0 Å². The minimum absolute atomic E-state index is 0. The molecule has 0 aromatic heterocycles. The lowest BCUT2D eigenvalue weighted by Crippen LogP contribution is -2.42. The van der Waals surface area contributed by atoms with Gasteiger partial charge in [-0.05, 0) is 271 Å². The maximum Gasteiger partial charge on any atom is 0.307 e. The fraction of sp³-hybridized carbons (Fsp3) is 0.911. The van der Waals surface area contributed by atoms with Gasteiger partial charge < -0.3 is 51.8 Å². The Labute approximate surface area is 796 Å².